The first kappa shape index (κ1) is 23.7. The third kappa shape index (κ3) is 6.84. The molecule has 1 fully saturated rings. The van der Waals surface area contributed by atoms with E-state index in [0.29, 0.717) is 5.92 Å². The Balaban J connectivity index is 0.00000134. The largest absolute Gasteiger partial charge is 0.0991 e. The highest BCUT2D eigenvalue weighted by Gasteiger charge is 2.34. The van der Waals surface area contributed by atoms with Gasteiger partial charge in [0, 0.05) is 0 Å². The summed E-state index contributed by atoms with van der Waals surface area (Å²) >= 11 is 0. The summed E-state index contributed by atoms with van der Waals surface area (Å²) in [6.45, 7) is 18.7. The highest BCUT2D eigenvalue weighted by atomic mass is 14.4. The Kier molecular flexibility index (Phi) is 13.2. The van der Waals surface area contributed by atoms with Crippen molar-refractivity contribution < 1.29 is 0 Å². The number of hydrogen-bond donors (Lipinski definition) is 0. The molecule has 0 nitrogen and oxygen atoms in total. The van der Waals surface area contributed by atoms with E-state index in [9.17, 15) is 0 Å². The first-order valence-electron chi connectivity index (χ1n) is 10.5. The molecule has 1 saturated carbocycles. The van der Waals surface area contributed by atoms with Gasteiger partial charge in [-0.3, -0.25) is 0 Å². The van der Waals surface area contributed by atoms with Crippen molar-refractivity contribution in [2.75, 3.05) is 0 Å². The third-order valence-electron chi connectivity index (χ3n) is 5.28. The second-order valence-corrected chi connectivity index (χ2v) is 6.57. The predicted octanol–water partition coefficient (Wildman–Crippen LogP) is 8.45. The average Bonchev–Trinajstić information content (AvgIpc) is 3.14. The van der Waals surface area contributed by atoms with Gasteiger partial charge in [-0.2, -0.15) is 0 Å². The molecule has 25 heavy (non-hydrogen) atoms. The van der Waals surface area contributed by atoms with Crippen LogP contribution in [0, 0.1) is 17.8 Å². The molecule has 0 spiro atoms. The highest BCUT2D eigenvalue weighted by Crippen LogP contribution is 2.45. The Bertz CT molecular complexity index is 484. The lowest BCUT2D eigenvalue weighted by Crippen LogP contribution is -2.20. The molecule has 3 unspecified atom stereocenters. The van der Waals surface area contributed by atoms with Gasteiger partial charge < -0.3 is 0 Å². The van der Waals surface area contributed by atoms with Gasteiger partial charge in [-0.05, 0) is 68.4 Å². The molecule has 0 aromatic heterocycles. The lowest BCUT2D eigenvalue weighted by Gasteiger charge is -2.30. The van der Waals surface area contributed by atoms with Crippen molar-refractivity contribution in [2.24, 2.45) is 17.8 Å². The molecular weight excluding hydrogens is 300 g/mol. The second-order valence-electron chi connectivity index (χ2n) is 6.57. The van der Waals surface area contributed by atoms with Crippen LogP contribution in [0.4, 0.5) is 0 Å². The van der Waals surface area contributed by atoms with Crippen LogP contribution >= 0.6 is 0 Å². The fraction of sp³-hybridized carbons (Fsp3) is 0.600. The van der Waals surface area contributed by atoms with Crippen LogP contribution in [0.3, 0.4) is 0 Å². The van der Waals surface area contributed by atoms with Crippen molar-refractivity contribution in [1.82, 2.24) is 0 Å². The Hall–Kier alpha value is -1.30. The molecular formula is C25H42. The summed E-state index contributed by atoms with van der Waals surface area (Å²) in [6, 6.07) is 0. The molecule has 0 N–H and O–H groups in total. The number of rotatable bonds is 5. The molecule has 0 aliphatic heterocycles. The van der Waals surface area contributed by atoms with Gasteiger partial charge in [-0.1, -0.05) is 89.6 Å². The highest BCUT2D eigenvalue weighted by molar-refractivity contribution is 5.34. The van der Waals surface area contributed by atoms with E-state index in [1.807, 2.05) is 33.8 Å². The smallest absolute Gasteiger partial charge is 0.0129 e. The van der Waals surface area contributed by atoms with E-state index in [0.717, 1.165) is 11.8 Å². The van der Waals surface area contributed by atoms with E-state index < -0.39 is 0 Å². The van der Waals surface area contributed by atoms with Crippen molar-refractivity contribution in [3.05, 3.63) is 59.8 Å². The summed E-state index contributed by atoms with van der Waals surface area (Å²) in [7, 11) is 0. The normalized spacial score (nSPS) is 24.4. The molecule has 142 valence electrons. The average molecular weight is 343 g/mol. The fourth-order valence-electron chi connectivity index (χ4n) is 4.14. The zero-order chi connectivity index (χ0) is 19.2. The molecule has 3 atom stereocenters. The van der Waals surface area contributed by atoms with Gasteiger partial charge in [0.25, 0.3) is 0 Å². The zero-order valence-electron chi connectivity index (χ0n) is 17.9. The molecule has 2 rings (SSSR count). The third-order valence-corrected chi connectivity index (χ3v) is 5.28. The van der Waals surface area contributed by atoms with Crippen molar-refractivity contribution >= 4 is 0 Å². The molecule has 0 aromatic carbocycles. The van der Waals surface area contributed by atoms with Crippen molar-refractivity contribution in [3.63, 3.8) is 0 Å². The number of allylic oxidation sites excluding steroid dienone is 9. The molecule has 0 radical (unpaired) electrons. The Morgan fingerprint density at radius 3 is 2.44 bits per heavy atom. The molecule has 2 aliphatic carbocycles. The minimum Gasteiger partial charge on any atom is -0.0991 e. The van der Waals surface area contributed by atoms with Crippen LogP contribution in [-0.4, -0.2) is 0 Å². The first-order valence-corrected chi connectivity index (χ1v) is 10.5. The Morgan fingerprint density at radius 2 is 1.88 bits per heavy atom. The maximum Gasteiger partial charge on any atom is -0.0129 e. The van der Waals surface area contributed by atoms with Gasteiger partial charge in [0.15, 0.2) is 0 Å². The van der Waals surface area contributed by atoms with Gasteiger partial charge >= 0.3 is 0 Å². The Labute approximate surface area is 158 Å². The van der Waals surface area contributed by atoms with Gasteiger partial charge in [0.1, 0.15) is 0 Å². The quantitative estimate of drug-likeness (QED) is 0.440. The molecule has 0 aromatic rings. The summed E-state index contributed by atoms with van der Waals surface area (Å²) in [5, 5.41) is 0. The van der Waals surface area contributed by atoms with Crippen LogP contribution in [0.1, 0.15) is 80.6 Å². The molecule has 2 aliphatic rings. The van der Waals surface area contributed by atoms with Crippen LogP contribution in [-0.2, 0) is 0 Å². The van der Waals surface area contributed by atoms with Crippen molar-refractivity contribution in [2.45, 2.75) is 80.6 Å². The monoisotopic (exact) mass is 342 g/mol. The number of hydrogen-bond acceptors (Lipinski definition) is 0. The predicted molar refractivity (Wildman–Crippen MR) is 117 cm³/mol. The van der Waals surface area contributed by atoms with Crippen LogP contribution < -0.4 is 0 Å². The minimum atomic E-state index is 0.613. The van der Waals surface area contributed by atoms with Gasteiger partial charge in [0.05, 0.1) is 0 Å². The van der Waals surface area contributed by atoms with E-state index in [4.69, 9.17) is 0 Å². The van der Waals surface area contributed by atoms with Crippen LogP contribution in [0.5, 0.6) is 0 Å². The summed E-state index contributed by atoms with van der Waals surface area (Å²) < 4.78 is 0. The van der Waals surface area contributed by atoms with Crippen molar-refractivity contribution in [3.8, 4) is 0 Å². The minimum absolute atomic E-state index is 0.613. The molecule has 0 heterocycles. The Morgan fingerprint density at radius 1 is 1.20 bits per heavy atom. The van der Waals surface area contributed by atoms with E-state index in [2.05, 4.69) is 57.7 Å². The van der Waals surface area contributed by atoms with E-state index in [1.165, 1.54) is 37.7 Å². The fourth-order valence-corrected chi connectivity index (χ4v) is 4.14. The van der Waals surface area contributed by atoms with E-state index in [-0.39, 0.29) is 0 Å². The molecule has 0 bridgehead atoms. The SMILES string of the molecule is C=C/C=C(\C=C/C)C(C)C1CCCC1C1=C(C)CCC=C1.CC.CC. The second kappa shape index (κ2) is 13.9. The summed E-state index contributed by atoms with van der Waals surface area (Å²) in [4.78, 5) is 0. The molecule has 0 heteroatoms. The topological polar surface area (TPSA) is 0 Å². The molecule has 0 amide bonds. The van der Waals surface area contributed by atoms with E-state index >= 15 is 0 Å². The maximum absolute atomic E-state index is 3.88. The van der Waals surface area contributed by atoms with E-state index in [1.54, 1.807) is 11.1 Å². The summed E-state index contributed by atoms with van der Waals surface area (Å²) in [6.07, 6.45) is 19.9. The van der Waals surface area contributed by atoms with Crippen LogP contribution in [0.2, 0.25) is 0 Å². The van der Waals surface area contributed by atoms with Gasteiger partial charge in [0.2, 0.25) is 0 Å². The lowest BCUT2D eigenvalue weighted by atomic mass is 9.75. The van der Waals surface area contributed by atoms with Gasteiger partial charge in [-0.25, -0.2) is 0 Å². The van der Waals surface area contributed by atoms with Crippen molar-refractivity contribution in [1.29, 1.82) is 0 Å². The standard InChI is InChI=1S/C21H30.2C2H6/c1-5-10-18(11-6-2)17(4)20-14-9-15-21(20)19-13-8-7-12-16(19)3;2*1-2/h5-6,8,10-11,13,17,20-21H,1,7,9,12,14-15H2,2-4H3;2*1-2H3/b11-6-,18-10+;;. The maximum atomic E-state index is 3.88. The lowest BCUT2D eigenvalue weighted by molar-refractivity contribution is 0.349. The summed E-state index contributed by atoms with van der Waals surface area (Å²) in [5.74, 6) is 2.15. The zero-order valence-corrected chi connectivity index (χ0v) is 17.9. The van der Waals surface area contributed by atoms with Crippen LogP contribution in [0.15, 0.2) is 59.8 Å². The van der Waals surface area contributed by atoms with Gasteiger partial charge in [-0.15, -0.1) is 0 Å². The summed E-state index contributed by atoms with van der Waals surface area (Å²) in [5.41, 5.74) is 4.71. The first-order chi connectivity index (χ1) is 12.2. The molecule has 0 saturated heterocycles. The van der Waals surface area contributed by atoms with Crippen LogP contribution in [0.25, 0.3) is 0 Å².